The number of ether oxygens (including phenoxy) is 2. The summed E-state index contributed by atoms with van der Waals surface area (Å²) in [5, 5.41) is 4.75. The Morgan fingerprint density at radius 1 is 1.35 bits per heavy atom. The lowest BCUT2D eigenvalue weighted by molar-refractivity contribution is -0.00617. The molecular weight excluding hydrogens is 270 g/mol. The van der Waals surface area contributed by atoms with Crippen LogP contribution in [-0.4, -0.2) is 50.0 Å². The maximum absolute atomic E-state index is 13.5. The van der Waals surface area contributed by atoms with E-state index in [1.165, 1.54) is 0 Å². The predicted molar refractivity (Wildman–Crippen MR) is 71.0 cm³/mol. The average molecular weight is 294 g/mol. The molecule has 1 unspecified atom stereocenters. The molecule has 0 bridgehead atoms. The fourth-order valence-corrected chi connectivity index (χ4v) is 1.80. The fourth-order valence-electron chi connectivity index (χ4n) is 1.80. The van der Waals surface area contributed by atoms with Gasteiger partial charge in [-0.05, 0) is 33.6 Å². The van der Waals surface area contributed by atoms with Crippen molar-refractivity contribution in [1.82, 2.24) is 10.6 Å². The molecule has 0 aromatic carbocycles. The molecule has 1 aliphatic heterocycles. The Hall–Kier alpha value is -0.950. The first-order valence-electron chi connectivity index (χ1n) is 6.85. The number of nitrogens with one attached hydrogen (secondary N) is 2. The Balaban J connectivity index is 2.17. The Kier molecular flexibility index (Phi) is 6.13. The molecule has 0 aromatic heterocycles. The third kappa shape index (κ3) is 7.59. The van der Waals surface area contributed by atoms with Gasteiger partial charge < -0.3 is 20.1 Å². The molecule has 118 valence electrons. The number of carbonyl (C=O) groups is 1. The Labute approximate surface area is 118 Å². The lowest BCUT2D eigenvalue weighted by Crippen LogP contribution is -2.45. The van der Waals surface area contributed by atoms with Crippen LogP contribution in [0.25, 0.3) is 0 Å². The van der Waals surface area contributed by atoms with Crippen molar-refractivity contribution in [1.29, 1.82) is 0 Å². The summed E-state index contributed by atoms with van der Waals surface area (Å²) in [5.41, 5.74) is -0.697. The minimum absolute atomic E-state index is 0.0182. The normalized spacial score (nSPS) is 19.9. The van der Waals surface area contributed by atoms with E-state index in [1.807, 2.05) is 0 Å². The van der Waals surface area contributed by atoms with Crippen LogP contribution in [0.15, 0.2) is 0 Å². The summed E-state index contributed by atoms with van der Waals surface area (Å²) in [6.07, 6.45) is 1.05. The lowest BCUT2D eigenvalue weighted by Gasteiger charge is -2.22. The maximum Gasteiger partial charge on any atom is 0.407 e. The zero-order chi connectivity index (χ0) is 15.2. The molecular formula is C13H24F2N2O3. The molecule has 0 aromatic rings. The summed E-state index contributed by atoms with van der Waals surface area (Å²) in [7, 11) is 0. The van der Waals surface area contributed by atoms with Crippen molar-refractivity contribution in [3.05, 3.63) is 0 Å². The summed E-state index contributed by atoms with van der Waals surface area (Å²) in [5.74, 6) is -3.02. The van der Waals surface area contributed by atoms with E-state index in [0.29, 0.717) is 13.2 Å². The first kappa shape index (κ1) is 17.1. The summed E-state index contributed by atoms with van der Waals surface area (Å²) >= 11 is 0. The van der Waals surface area contributed by atoms with Gasteiger partial charge in [-0.15, -0.1) is 0 Å². The highest BCUT2D eigenvalue weighted by Crippen LogP contribution is 2.13. The standard InChI is InChI=1S/C13H24F2N2O3/c1-12(2,3)20-11(18)17-9-13(14,15)8-16-7-10-5-4-6-19-10/h10,16H,4-9H2,1-3H3,(H,17,18). The third-order valence-electron chi connectivity index (χ3n) is 2.67. The van der Waals surface area contributed by atoms with Crippen molar-refractivity contribution in [2.45, 2.75) is 51.2 Å². The topological polar surface area (TPSA) is 59.6 Å². The molecule has 5 nitrogen and oxygen atoms in total. The first-order chi connectivity index (χ1) is 9.18. The summed E-state index contributed by atoms with van der Waals surface area (Å²) in [6.45, 7) is 4.88. The number of amides is 1. The monoisotopic (exact) mass is 294 g/mol. The number of halogens is 2. The molecule has 1 amide bonds. The van der Waals surface area contributed by atoms with Gasteiger partial charge in [-0.25, -0.2) is 13.6 Å². The van der Waals surface area contributed by atoms with E-state index >= 15 is 0 Å². The SMILES string of the molecule is CC(C)(C)OC(=O)NCC(F)(F)CNCC1CCCO1. The largest absolute Gasteiger partial charge is 0.444 e. The van der Waals surface area contributed by atoms with Crippen molar-refractivity contribution in [3.63, 3.8) is 0 Å². The number of alkyl halides is 2. The molecule has 1 heterocycles. The van der Waals surface area contributed by atoms with Gasteiger partial charge in [0.15, 0.2) is 0 Å². The van der Waals surface area contributed by atoms with Gasteiger partial charge in [0.25, 0.3) is 5.92 Å². The van der Waals surface area contributed by atoms with Crippen LogP contribution in [0.1, 0.15) is 33.6 Å². The van der Waals surface area contributed by atoms with E-state index < -0.39 is 30.7 Å². The Morgan fingerprint density at radius 2 is 2.05 bits per heavy atom. The molecule has 0 aliphatic carbocycles. The van der Waals surface area contributed by atoms with Gasteiger partial charge in [0.05, 0.1) is 19.2 Å². The van der Waals surface area contributed by atoms with Gasteiger partial charge in [0, 0.05) is 13.2 Å². The van der Waals surface area contributed by atoms with E-state index in [4.69, 9.17) is 9.47 Å². The fraction of sp³-hybridized carbons (Fsp3) is 0.923. The molecule has 1 rings (SSSR count). The molecule has 0 spiro atoms. The lowest BCUT2D eigenvalue weighted by atomic mass is 10.2. The van der Waals surface area contributed by atoms with Crippen molar-refractivity contribution >= 4 is 6.09 Å². The van der Waals surface area contributed by atoms with Crippen molar-refractivity contribution in [2.24, 2.45) is 0 Å². The van der Waals surface area contributed by atoms with Crippen LogP contribution in [0.5, 0.6) is 0 Å². The summed E-state index contributed by atoms with van der Waals surface area (Å²) < 4.78 is 37.3. The van der Waals surface area contributed by atoms with Crippen LogP contribution >= 0.6 is 0 Å². The Bertz CT molecular complexity index is 313. The molecule has 1 aliphatic rings. The number of carbonyl (C=O) groups excluding carboxylic acids is 1. The van der Waals surface area contributed by atoms with Crippen LogP contribution in [-0.2, 0) is 9.47 Å². The van der Waals surface area contributed by atoms with Crippen LogP contribution in [0.4, 0.5) is 13.6 Å². The molecule has 2 N–H and O–H groups in total. The van der Waals surface area contributed by atoms with E-state index in [9.17, 15) is 13.6 Å². The van der Waals surface area contributed by atoms with E-state index in [0.717, 1.165) is 12.8 Å². The highest BCUT2D eigenvalue weighted by molar-refractivity contribution is 5.67. The zero-order valence-electron chi connectivity index (χ0n) is 12.3. The molecule has 20 heavy (non-hydrogen) atoms. The van der Waals surface area contributed by atoms with Gasteiger partial charge in [-0.2, -0.15) is 0 Å². The van der Waals surface area contributed by atoms with Crippen LogP contribution in [0, 0.1) is 0 Å². The molecule has 1 atom stereocenters. The third-order valence-corrected chi connectivity index (χ3v) is 2.67. The van der Waals surface area contributed by atoms with Crippen LogP contribution in [0.2, 0.25) is 0 Å². The van der Waals surface area contributed by atoms with Gasteiger partial charge >= 0.3 is 6.09 Å². The maximum atomic E-state index is 13.5. The highest BCUT2D eigenvalue weighted by Gasteiger charge is 2.30. The molecule has 7 heteroatoms. The quantitative estimate of drug-likeness (QED) is 0.785. The second kappa shape index (κ2) is 7.17. The van der Waals surface area contributed by atoms with Gasteiger partial charge in [-0.1, -0.05) is 0 Å². The molecule has 0 radical (unpaired) electrons. The number of alkyl carbamates (subject to hydrolysis) is 1. The number of hydrogen-bond acceptors (Lipinski definition) is 4. The smallest absolute Gasteiger partial charge is 0.407 e. The van der Waals surface area contributed by atoms with Crippen molar-refractivity contribution in [2.75, 3.05) is 26.2 Å². The second-order valence-corrected chi connectivity index (χ2v) is 5.98. The van der Waals surface area contributed by atoms with Crippen molar-refractivity contribution < 1.29 is 23.0 Å². The van der Waals surface area contributed by atoms with Crippen LogP contribution < -0.4 is 10.6 Å². The van der Waals surface area contributed by atoms with Gasteiger partial charge in [0.1, 0.15) is 5.60 Å². The van der Waals surface area contributed by atoms with E-state index in [1.54, 1.807) is 20.8 Å². The number of rotatable bonds is 6. The second-order valence-electron chi connectivity index (χ2n) is 5.98. The molecule has 1 fully saturated rings. The predicted octanol–water partition coefficient (Wildman–Crippen LogP) is 1.91. The Morgan fingerprint density at radius 3 is 2.60 bits per heavy atom. The van der Waals surface area contributed by atoms with Gasteiger partial charge in [-0.3, -0.25) is 0 Å². The van der Waals surface area contributed by atoms with E-state index in [2.05, 4.69) is 10.6 Å². The number of hydrogen-bond donors (Lipinski definition) is 2. The zero-order valence-corrected chi connectivity index (χ0v) is 12.3. The van der Waals surface area contributed by atoms with Crippen molar-refractivity contribution in [3.8, 4) is 0 Å². The molecule has 0 saturated carbocycles. The van der Waals surface area contributed by atoms with Gasteiger partial charge in [0.2, 0.25) is 0 Å². The average Bonchev–Trinajstić information content (AvgIpc) is 2.77. The summed E-state index contributed by atoms with van der Waals surface area (Å²) in [4.78, 5) is 11.3. The summed E-state index contributed by atoms with van der Waals surface area (Å²) in [6, 6.07) is 0. The minimum Gasteiger partial charge on any atom is -0.444 e. The first-order valence-corrected chi connectivity index (χ1v) is 6.85. The van der Waals surface area contributed by atoms with Crippen LogP contribution in [0.3, 0.4) is 0 Å². The minimum atomic E-state index is -3.02. The molecule has 1 saturated heterocycles. The highest BCUT2D eigenvalue weighted by atomic mass is 19.3. The van der Waals surface area contributed by atoms with E-state index in [-0.39, 0.29) is 6.10 Å².